The number of nitrogens with one attached hydrogen (secondary N) is 1. The largest absolute Gasteiger partial charge is 0.379 e. The lowest BCUT2D eigenvalue weighted by atomic mass is 10.1. The number of aliphatic imine (C=N–C) groups is 1. The van der Waals surface area contributed by atoms with Gasteiger partial charge >= 0.3 is 0 Å². The summed E-state index contributed by atoms with van der Waals surface area (Å²) in [4.78, 5) is 23.5. The summed E-state index contributed by atoms with van der Waals surface area (Å²) in [5, 5.41) is 1.59. The quantitative estimate of drug-likeness (QED) is 0.647. The SMILES string of the molecule is CC(C)CCN=C(N)SCc1nc2cc(Cl)ccc2c(=O)[nH]1. The summed E-state index contributed by atoms with van der Waals surface area (Å²) < 4.78 is 0. The van der Waals surface area contributed by atoms with Crippen LogP contribution >= 0.6 is 23.4 Å². The number of aromatic nitrogens is 2. The number of hydrogen-bond donors (Lipinski definition) is 2. The second-order valence-corrected chi connectivity index (χ2v) is 6.80. The van der Waals surface area contributed by atoms with Crippen molar-refractivity contribution in [1.82, 2.24) is 9.97 Å². The molecule has 0 saturated heterocycles. The van der Waals surface area contributed by atoms with E-state index in [0.29, 0.717) is 45.1 Å². The van der Waals surface area contributed by atoms with Gasteiger partial charge < -0.3 is 10.7 Å². The second kappa shape index (κ2) is 7.65. The van der Waals surface area contributed by atoms with Gasteiger partial charge in [0.05, 0.1) is 16.7 Å². The van der Waals surface area contributed by atoms with Crippen molar-refractivity contribution in [2.75, 3.05) is 6.54 Å². The molecule has 1 aromatic heterocycles. The summed E-state index contributed by atoms with van der Waals surface area (Å²) in [5.41, 5.74) is 6.27. The van der Waals surface area contributed by atoms with Crippen LogP contribution in [0.4, 0.5) is 0 Å². The van der Waals surface area contributed by atoms with Crippen LogP contribution in [0, 0.1) is 5.92 Å². The molecular weight excluding hydrogens is 320 g/mol. The van der Waals surface area contributed by atoms with Crippen LogP contribution in [0.25, 0.3) is 10.9 Å². The van der Waals surface area contributed by atoms with Gasteiger partial charge in [-0.15, -0.1) is 0 Å². The van der Waals surface area contributed by atoms with Crippen LogP contribution in [0.2, 0.25) is 5.02 Å². The summed E-state index contributed by atoms with van der Waals surface area (Å²) in [6.07, 6.45) is 1.00. The molecule has 0 fully saturated rings. The van der Waals surface area contributed by atoms with Crippen molar-refractivity contribution in [2.45, 2.75) is 26.0 Å². The Morgan fingerprint density at radius 2 is 2.27 bits per heavy atom. The van der Waals surface area contributed by atoms with Crippen molar-refractivity contribution in [3.63, 3.8) is 0 Å². The highest BCUT2D eigenvalue weighted by Gasteiger charge is 2.06. The fourth-order valence-corrected chi connectivity index (χ4v) is 2.62. The molecule has 0 radical (unpaired) electrons. The zero-order valence-electron chi connectivity index (χ0n) is 12.6. The molecule has 118 valence electrons. The fourth-order valence-electron chi connectivity index (χ4n) is 1.85. The minimum Gasteiger partial charge on any atom is -0.379 e. The van der Waals surface area contributed by atoms with E-state index in [4.69, 9.17) is 17.3 Å². The molecule has 22 heavy (non-hydrogen) atoms. The molecule has 3 N–H and O–H groups in total. The first-order valence-corrected chi connectivity index (χ1v) is 8.43. The molecule has 2 aromatic rings. The molecule has 0 spiro atoms. The average molecular weight is 339 g/mol. The third-order valence-electron chi connectivity index (χ3n) is 3.05. The molecule has 1 heterocycles. The number of rotatable bonds is 5. The molecule has 0 aliphatic carbocycles. The van der Waals surface area contributed by atoms with Crippen LogP contribution in [0.1, 0.15) is 26.1 Å². The normalized spacial score (nSPS) is 12.3. The van der Waals surface area contributed by atoms with Crippen LogP contribution in [0.3, 0.4) is 0 Å². The molecule has 5 nitrogen and oxygen atoms in total. The van der Waals surface area contributed by atoms with Crippen molar-refractivity contribution >= 4 is 39.4 Å². The molecule has 0 bridgehead atoms. The summed E-state index contributed by atoms with van der Waals surface area (Å²) in [5.74, 6) is 1.63. The monoisotopic (exact) mass is 338 g/mol. The van der Waals surface area contributed by atoms with Gasteiger partial charge in [-0.25, -0.2) is 4.98 Å². The van der Waals surface area contributed by atoms with Crippen LogP contribution in [-0.2, 0) is 5.75 Å². The molecule has 2 rings (SSSR count). The lowest BCUT2D eigenvalue weighted by molar-refractivity contribution is 0.597. The summed E-state index contributed by atoms with van der Waals surface area (Å²) >= 11 is 7.30. The van der Waals surface area contributed by atoms with Crippen LogP contribution in [0.15, 0.2) is 28.0 Å². The van der Waals surface area contributed by atoms with E-state index in [1.54, 1.807) is 18.2 Å². The maximum atomic E-state index is 12.0. The highest BCUT2D eigenvalue weighted by atomic mass is 35.5. The summed E-state index contributed by atoms with van der Waals surface area (Å²) in [6.45, 7) is 5.01. The lowest BCUT2D eigenvalue weighted by Gasteiger charge is -2.04. The zero-order chi connectivity index (χ0) is 16.1. The standard InChI is InChI=1S/C15H19ClN4OS/c1-9(2)5-6-18-15(17)22-8-13-19-12-7-10(16)3-4-11(12)14(21)20-13/h3-4,7,9H,5-6,8H2,1-2H3,(H2,17,18)(H,19,20,21). The lowest BCUT2D eigenvalue weighted by Crippen LogP contribution is -2.13. The van der Waals surface area contributed by atoms with E-state index >= 15 is 0 Å². The molecule has 0 atom stereocenters. The molecule has 0 unspecified atom stereocenters. The number of thioether (sulfide) groups is 1. The van der Waals surface area contributed by atoms with E-state index in [0.717, 1.165) is 6.42 Å². The van der Waals surface area contributed by atoms with Crippen LogP contribution in [-0.4, -0.2) is 21.7 Å². The Morgan fingerprint density at radius 3 is 3.00 bits per heavy atom. The van der Waals surface area contributed by atoms with Gasteiger partial charge in [-0.2, -0.15) is 0 Å². The Hall–Kier alpha value is -1.53. The second-order valence-electron chi connectivity index (χ2n) is 5.37. The minimum atomic E-state index is -0.174. The summed E-state index contributed by atoms with van der Waals surface area (Å²) in [7, 11) is 0. The van der Waals surface area contributed by atoms with Gasteiger partial charge in [0.25, 0.3) is 5.56 Å². The Kier molecular flexibility index (Phi) is 5.85. The number of H-pyrrole nitrogens is 1. The first kappa shape index (κ1) is 16.8. The van der Waals surface area contributed by atoms with E-state index in [1.165, 1.54) is 11.8 Å². The van der Waals surface area contributed by atoms with Gasteiger partial charge in [-0.1, -0.05) is 37.2 Å². The minimum absolute atomic E-state index is 0.174. The van der Waals surface area contributed by atoms with E-state index in [9.17, 15) is 4.79 Å². The van der Waals surface area contributed by atoms with Crippen molar-refractivity contribution in [2.24, 2.45) is 16.6 Å². The Balaban J connectivity index is 2.07. The number of benzene rings is 1. The number of fused-ring (bicyclic) bond motifs is 1. The number of halogens is 1. The fraction of sp³-hybridized carbons (Fsp3) is 0.400. The van der Waals surface area contributed by atoms with Crippen molar-refractivity contribution in [3.8, 4) is 0 Å². The smallest absolute Gasteiger partial charge is 0.258 e. The number of aromatic amines is 1. The van der Waals surface area contributed by atoms with Crippen molar-refractivity contribution in [3.05, 3.63) is 39.4 Å². The van der Waals surface area contributed by atoms with Crippen molar-refractivity contribution in [1.29, 1.82) is 0 Å². The van der Waals surface area contributed by atoms with Gasteiger partial charge in [0, 0.05) is 11.6 Å². The Labute approximate surface area is 138 Å². The molecule has 0 saturated carbocycles. The molecule has 7 heteroatoms. The van der Waals surface area contributed by atoms with E-state index < -0.39 is 0 Å². The zero-order valence-corrected chi connectivity index (χ0v) is 14.2. The Bertz CT molecular complexity index is 742. The van der Waals surface area contributed by atoms with Crippen LogP contribution in [0.5, 0.6) is 0 Å². The van der Waals surface area contributed by atoms with E-state index in [2.05, 4.69) is 28.8 Å². The number of nitrogens with zero attached hydrogens (tertiary/aromatic N) is 2. The van der Waals surface area contributed by atoms with E-state index in [-0.39, 0.29) is 5.56 Å². The van der Waals surface area contributed by atoms with Crippen molar-refractivity contribution < 1.29 is 0 Å². The maximum absolute atomic E-state index is 12.0. The third-order valence-corrected chi connectivity index (χ3v) is 4.13. The topological polar surface area (TPSA) is 84.1 Å². The average Bonchev–Trinajstić information content (AvgIpc) is 2.44. The van der Waals surface area contributed by atoms with E-state index in [1.807, 2.05) is 0 Å². The molecule has 0 amide bonds. The number of amidine groups is 1. The van der Waals surface area contributed by atoms with Gasteiger partial charge in [-0.05, 0) is 30.5 Å². The number of nitrogens with two attached hydrogens (primary N) is 1. The van der Waals surface area contributed by atoms with Gasteiger partial charge in [0.2, 0.25) is 0 Å². The molecule has 0 aliphatic heterocycles. The highest BCUT2D eigenvalue weighted by Crippen LogP contribution is 2.16. The summed E-state index contributed by atoms with van der Waals surface area (Å²) in [6, 6.07) is 5.02. The first-order chi connectivity index (χ1) is 10.5. The number of hydrogen-bond acceptors (Lipinski definition) is 4. The highest BCUT2D eigenvalue weighted by molar-refractivity contribution is 8.13. The Morgan fingerprint density at radius 1 is 1.50 bits per heavy atom. The first-order valence-electron chi connectivity index (χ1n) is 7.07. The predicted molar refractivity (Wildman–Crippen MR) is 94.6 cm³/mol. The predicted octanol–water partition coefficient (Wildman–Crippen LogP) is 3.17. The maximum Gasteiger partial charge on any atom is 0.258 e. The molecule has 1 aromatic carbocycles. The molecule has 0 aliphatic rings. The van der Waals surface area contributed by atoms with Gasteiger partial charge in [0.1, 0.15) is 5.82 Å². The molecular formula is C15H19ClN4OS. The van der Waals surface area contributed by atoms with Gasteiger partial charge in [0.15, 0.2) is 5.17 Å². The van der Waals surface area contributed by atoms with Crippen LogP contribution < -0.4 is 11.3 Å². The third kappa shape index (κ3) is 4.74. The van der Waals surface area contributed by atoms with Gasteiger partial charge in [-0.3, -0.25) is 9.79 Å².